The zero-order valence-electron chi connectivity index (χ0n) is 14.0. The zero-order valence-corrected chi connectivity index (χ0v) is 14.8. The Balaban J connectivity index is 1.82. The molecule has 0 radical (unpaired) electrons. The van der Waals surface area contributed by atoms with Crippen LogP contribution in [-0.4, -0.2) is 23.7 Å². The van der Waals surface area contributed by atoms with Gasteiger partial charge in [-0.15, -0.1) is 0 Å². The van der Waals surface area contributed by atoms with Crippen molar-refractivity contribution in [3.05, 3.63) is 68.5 Å². The molecule has 132 valence electrons. The Morgan fingerprint density at radius 2 is 1.85 bits per heavy atom. The van der Waals surface area contributed by atoms with Crippen molar-refractivity contribution >= 4 is 22.8 Å². The summed E-state index contributed by atoms with van der Waals surface area (Å²) >= 11 is 6.21. The number of hydrogen-bond acceptors (Lipinski definition) is 5. The van der Waals surface area contributed by atoms with Gasteiger partial charge in [-0.05, 0) is 11.6 Å². The van der Waals surface area contributed by atoms with Crippen LogP contribution in [0.5, 0.6) is 0 Å². The lowest BCUT2D eigenvalue weighted by Gasteiger charge is -2.05. The molecule has 9 heteroatoms. The van der Waals surface area contributed by atoms with E-state index in [1.54, 1.807) is 6.20 Å². The summed E-state index contributed by atoms with van der Waals surface area (Å²) in [6.07, 6.45) is 1.62. The van der Waals surface area contributed by atoms with Crippen LogP contribution in [0.3, 0.4) is 0 Å². The van der Waals surface area contributed by atoms with Crippen molar-refractivity contribution in [1.29, 1.82) is 0 Å². The number of hydrogen-bond donors (Lipinski definition) is 0. The van der Waals surface area contributed by atoms with Crippen molar-refractivity contribution in [2.75, 3.05) is 0 Å². The van der Waals surface area contributed by atoms with Gasteiger partial charge in [0, 0.05) is 19.7 Å². The molecule has 0 fully saturated rings. The van der Waals surface area contributed by atoms with Crippen LogP contribution in [0.1, 0.15) is 5.89 Å². The number of aryl methyl sites for hydroxylation is 1. The van der Waals surface area contributed by atoms with Gasteiger partial charge in [0.15, 0.2) is 16.9 Å². The predicted molar refractivity (Wildman–Crippen MR) is 96.3 cm³/mol. The van der Waals surface area contributed by atoms with Gasteiger partial charge in [-0.1, -0.05) is 30.3 Å². The first-order valence-corrected chi connectivity index (χ1v) is 8.17. The summed E-state index contributed by atoms with van der Waals surface area (Å²) in [6.45, 7) is 0.121. The number of fused-ring (bicyclic) bond motifs is 1. The van der Waals surface area contributed by atoms with Crippen LogP contribution >= 0.6 is 11.6 Å². The summed E-state index contributed by atoms with van der Waals surface area (Å²) < 4.78 is 9.56. The van der Waals surface area contributed by atoms with Gasteiger partial charge in [-0.2, -0.15) is 4.98 Å². The summed E-state index contributed by atoms with van der Waals surface area (Å²) in [4.78, 5) is 33.0. The molecule has 26 heavy (non-hydrogen) atoms. The van der Waals surface area contributed by atoms with E-state index in [2.05, 4.69) is 9.97 Å². The minimum atomic E-state index is -0.475. The summed E-state index contributed by atoms with van der Waals surface area (Å²) in [6, 6.07) is 9.55. The van der Waals surface area contributed by atoms with Gasteiger partial charge in [0.1, 0.15) is 6.54 Å². The highest BCUT2D eigenvalue weighted by Gasteiger charge is 2.19. The van der Waals surface area contributed by atoms with E-state index < -0.39 is 11.2 Å². The van der Waals surface area contributed by atoms with Gasteiger partial charge in [0.25, 0.3) is 5.56 Å². The van der Waals surface area contributed by atoms with Crippen molar-refractivity contribution in [3.63, 3.8) is 0 Å². The third kappa shape index (κ3) is 2.46. The Morgan fingerprint density at radius 3 is 2.58 bits per heavy atom. The number of halogens is 1. The smallest absolute Gasteiger partial charge is 0.332 e. The average molecular weight is 372 g/mol. The Labute approximate surface area is 151 Å². The predicted octanol–water partition coefficient (Wildman–Crippen LogP) is 1.79. The van der Waals surface area contributed by atoms with E-state index in [0.717, 1.165) is 10.1 Å². The largest absolute Gasteiger partial charge is 0.439 e. The Hall–Kier alpha value is -3.13. The van der Waals surface area contributed by atoms with Gasteiger partial charge in [-0.25, -0.2) is 9.78 Å². The highest BCUT2D eigenvalue weighted by molar-refractivity contribution is 6.29. The molecule has 0 atom stereocenters. The second-order valence-electron chi connectivity index (χ2n) is 5.83. The van der Waals surface area contributed by atoms with E-state index >= 15 is 0 Å². The van der Waals surface area contributed by atoms with Crippen LogP contribution in [0.2, 0.25) is 5.28 Å². The Bertz CT molecular complexity index is 1230. The standard InChI is InChI=1S/C17H14ClN5O3/c1-21-14-13(15(24)22(2)17(21)25)23(16(18)20-14)9-12-19-8-11(26-12)10-6-4-3-5-7-10/h3-8H,9H2,1-2H3. The van der Waals surface area contributed by atoms with Crippen LogP contribution in [0, 0.1) is 0 Å². The van der Waals surface area contributed by atoms with Crippen molar-refractivity contribution in [2.24, 2.45) is 14.1 Å². The van der Waals surface area contributed by atoms with E-state index in [1.807, 2.05) is 30.3 Å². The Kier molecular flexibility index (Phi) is 3.77. The monoisotopic (exact) mass is 371 g/mol. The van der Waals surface area contributed by atoms with E-state index in [4.69, 9.17) is 16.0 Å². The first kappa shape index (κ1) is 16.3. The van der Waals surface area contributed by atoms with E-state index in [-0.39, 0.29) is 23.0 Å². The maximum absolute atomic E-state index is 12.5. The van der Waals surface area contributed by atoms with Gasteiger partial charge in [-0.3, -0.25) is 18.5 Å². The lowest BCUT2D eigenvalue weighted by molar-refractivity contribution is 0.491. The van der Waals surface area contributed by atoms with E-state index in [1.165, 1.54) is 23.2 Å². The molecule has 4 aromatic rings. The van der Waals surface area contributed by atoms with Gasteiger partial charge in [0.05, 0.1) is 6.20 Å². The first-order chi connectivity index (χ1) is 12.5. The molecule has 0 amide bonds. The molecule has 0 saturated heterocycles. The van der Waals surface area contributed by atoms with Crippen LogP contribution in [0.15, 0.2) is 50.5 Å². The molecule has 0 bridgehead atoms. The summed E-state index contributed by atoms with van der Waals surface area (Å²) in [5, 5.41) is 0.0813. The fourth-order valence-corrected chi connectivity index (χ4v) is 3.04. The van der Waals surface area contributed by atoms with Crippen LogP contribution < -0.4 is 11.2 Å². The molecule has 3 aromatic heterocycles. The topological polar surface area (TPSA) is 87.8 Å². The van der Waals surface area contributed by atoms with Crippen LogP contribution in [0.4, 0.5) is 0 Å². The average Bonchev–Trinajstić information content (AvgIpc) is 3.25. The van der Waals surface area contributed by atoms with Gasteiger partial charge < -0.3 is 4.42 Å². The quantitative estimate of drug-likeness (QED) is 0.512. The number of nitrogens with zero attached hydrogens (tertiary/aromatic N) is 5. The number of aromatic nitrogens is 5. The Morgan fingerprint density at radius 1 is 1.12 bits per heavy atom. The van der Waals surface area contributed by atoms with Crippen LogP contribution in [-0.2, 0) is 20.6 Å². The molecule has 3 heterocycles. The number of imidazole rings is 1. The van der Waals surface area contributed by atoms with Gasteiger partial charge >= 0.3 is 5.69 Å². The highest BCUT2D eigenvalue weighted by atomic mass is 35.5. The molecular formula is C17H14ClN5O3. The molecule has 0 N–H and O–H groups in total. The minimum Gasteiger partial charge on any atom is -0.439 e. The molecular weight excluding hydrogens is 358 g/mol. The fraction of sp³-hybridized carbons (Fsp3) is 0.176. The first-order valence-electron chi connectivity index (χ1n) is 7.79. The van der Waals surface area contributed by atoms with E-state index in [0.29, 0.717) is 11.7 Å². The van der Waals surface area contributed by atoms with Crippen molar-refractivity contribution < 1.29 is 4.42 Å². The maximum atomic E-state index is 12.5. The summed E-state index contributed by atoms with van der Waals surface area (Å²) in [5.74, 6) is 0.988. The molecule has 0 spiro atoms. The summed E-state index contributed by atoms with van der Waals surface area (Å²) in [7, 11) is 2.95. The van der Waals surface area contributed by atoms with Crippen LogP contribution in [0.25, 0.3) is 22.5 Å². The van der Waals surface area contributed by atoms with Gasteiger partial charge in [0.2, 0.25) is 11.2 Å². The molecule has 4 rings (SSSR count). The number of oxazole rings is 1. The maximum Gasteiger partial charge on any atom is 0.332 e. The lowest BCUT2D eigenvalue weighted by Crippen LogP contribution is -2.37. The molecule has 0 saturated carbocycles. The molecule has 0 unspecified atom stereocenters. The normalized spacial score (nSPS) is 11.3. The number of benzene rings is 1. The SMILES string of the molecule is Cn1c(=O)c2c(nc(Cl)n2Cc2ncc(-c3ccccc3)o2)n(C)c1=O. The lowest BCUT2D eigenvalue weighted by atomic mass is 10.2. The second-order valence-corrected chi connectivity index (χ2v) is 6.17. The highest BCUT2D eigenvalue weighted by Crippen LogP contribution is 2.22. The molecule has 8 nitrogen and oxygen atoms in total. The zero-order chi connectivity index (χ0) is 18.4. The van der Waals surface area contributed by atoms with Crippen molar-refractivity contribution in [2.45, 2.75) is 6.54 Å². The van der Waals surface area contributed by atoms with E-state index in [9.17, 15) is 9.59 Å². The van der Waals surface area contributed by atoms with Crippen molar-refractivity contribution in [1.82, 2.24) is 23.7 Å². The fourth-order valence-electron chi connectivity index (χ4n) is 2.82. The van der Waals surface area contributed by atoms with Crippen molar-refractivity contribution in [3.8, 4) is 11.3 Å². The molecule has 0 aliphatic rings. The number of rotatable bonds is 3. The molecule has 0 aliphatic carbocycles. The third-order valence-corrected chi connectivity index (χ3v) is 4.50. The molecule has 0 aliphatic heterocycles. The second kappa shape index (κ2) is 5.99. The molecule has 1 aromatic carbocycles. The third-order valence-electron chi connectivity index (χ3n) is 4.21. The minimum absolute atomic E-state index is 0.0813. The summed E-state index contributed by atoms with van der Waals surface area (Å²) in [5.41, 5.74) is 0.395.